The molecule has 0 radical (unpaired) electrons. The average Bonchev–Trinajstić information content (AvgIpc) is 2.61. The molecule has 0 unspecified atom stereocenters. The molecule has 1 rings (SSSR count). The van der Waals surface area contributed by atoms with Crippen LogP contribution in [0.5, 0.6) is 0 Å². The van der Waals surface area contributed by atoms with Gasteiger partial charge in [0.05, 0.1) is 0 Å². The van der Waals surface area contributed by atoms with Crippen molar-refractivity contribution in [2.75, 3.05) is 0 Å². The molecule has 0 aliphatic carbocycles. The highest BCUT2D eigenvalue weighted by atomic mass is 14.9. The Labute approximate surface area is 151 Å². The molecule has 0 atom stereocenters. The smallest absolute Gasteiger partial charge is 0.169 e. The number of hydrogen-bond acceptors (Lipinski definition) is 0. The zero-order valence-corrected chi connectivity index (χ0v) is 16.6. The maximum Gasteiger partial charge on any atom is 0.169 e. The van der Waals surface area contributed by atoms with Gasteiger partial charge in [0, 0.05) is 18.6 Å². The van der Waals surface area contributed by atoms with Crippen molar-refractivity contribution in [2.24, 2.45) is 0 Å². The highest BCUT2D eigenvalue weighted by Crippen LogP contribution is 2.11. The minimum atomic E-state index is 1.18. The summed E-state index contributed by atoms with van der Waals surface area (Å²) in [5, 5.41) is 0. The van der Waals surface area contributed by atoms with E-state index in [1.807, 2.05) is 0 Å². The van der Waals surface area contributed by atoms with Crippen LogP contribution in [0.1, 0.15) is 109 Å². The van der Waals surface area contributed by atoms with Gasteiger partial charge in [0.15, 0.2) is 12.4 Å². The number of rotatable bonds is 16. The first-order chi connectivity index (χ1) is 11.9. The fourth-order valence-electron chi connectivity index (χ4n) is 3.34. The number of aromatic nitrogens is 1. The SMILES string of the molecule is CCCCCCCCCCCc1cc[n+](CCCCCCC)cc1. The van der Waals surface area contributed by atoms with Crippen molar-refractivity contribution >= 4 is 0 Å². The summed E-state index contributed by atoms with van der Waals surface area (Å²) < 4.78 is 2.35. The van der Waals surface area contributed by atoms with Crippen molar-refractivity contribution in [2.45, 2.75) is 117 Å². The molecule has 1 heterocycles. The molecule has 138 valence electrons. The lowest BCUT2D eigenvalue weighted by atomic mass is 10.0. The van der Waals surface area contributed by atoms with Gasteiger partial charge in [0.2, 0.25) is 0 Å². The van der Waals surface area contributed by atoms with Gasteiger partial charge < -0.3 is 0 Å². The van der Waals surface area contributed by atoms with Crippen molar-refractivity contribution in [3.05, 3.63) is 30.1 Å². The predicted octanol–water partition coefficient (Wildman–Crippen LogP) is 7.02. The normalized spacial score (nSPS) is 11.1. The Hall–Kier alpha value is -0.850. The number of unbranched alkanes of at least 4 members (excludes halogenated alkanes) is 12. The summed E-state index contributed by atoms with van der Waals surface area (Å²) in [5.41, 5.74) is 1.51. The molecule has 1 aromatic heterocycles. The third kappa shape index (κ3) is 11.6. The second-order valence-corrected chi connectivity index (χ2v) is 7.44. The summed E-state index contributed by atoms with van der Waals surface area (Å²) in [5.74, 6) is 0. The van der Waals surface area contributed by atoms with E-state index in [2.05, 4.69) is 42.9 Å². The fourth-order valence-corrected chi connectivity index (χ4v) is 3.34. The van der Waals surface area contributed by atoms with Crippen molar-refractivity contribution in [3.63, 3.8) is 0 Å². The van der Waals surface area contributed by atoms with Gasteiger partial charge in [-0.3, -0.25) is 0 Å². The van der Waals surface area contributed by atoms with E-state index < -0.39 is 0 Å². The van der Waals surface area contributed by atoms with Gasteiger partial charge in [-0.25, -0.2) is 4.57 Å². The highest BCUT2D eigenvalue weighted by molar-refractivity contribution is 5.07. The van der Waals surface area contributed by atoms with E-state index in [9.17, 15) is 0 Å². The molecule has 0 fully saturated rings. The highest BCUT2D eigenvalue weighted by Gasteiger charge is 2.01. The minimum absolute atomic E-state index is 1.18. The molecule has 0 N–H and O–H groups in total. The van der Waals surface area contributed by atoms with E-state index in [1.54, 1.807) is 0 Å². The number of nitrogens with zero attached hydrogens (tertiary/aromatic N) is 1. The van der Waals surface area contributed by atoms with E-state index in [0.29, 0.717) is 0 Å². The Balaban J connectivity index is 2.00. The molecule has 0 aliphatic heterocycles. The van der Waals surface area contributed by atoms with Gasteiger partial charge in [-0.15, -0.1) is 0 Å². The molecule has 0 amide bonds. The Kier molecular flexibility index (Phi) is 13.8. The zero-order valence-electron chi connectivity index (χ0n) is 16.6. The van der Waals surface area contributed by atoms with Gasteiger partial charge in [-0.1, -0.05) is 84.5 Å². The Morgan fingerprint density at radius 3 is 1.58 bits per heavy atom. The second kappa shape index (κ2) is 15.7. The van der Waals surface area contributed by atoms with E-state index in [4.69, 9.17) is 0 Å². The molecular weight excluding hydrogens is 290 g/mol. The predicted molar refractivity (Wildman–Crippen MR) is 106 cm³/mol. The van der Waals surface area contributed by atoms with Crippen LogP contribution in [-0.4, -0.2) is 0 Å². The molecule has 0 saturated carbocycles. The van der Waals surface area contributed by atoms with E-state index in [1.165, 1.54) is 108 Å². The average molecular weight is 333 g/mol. The maximum atomic E-state index is 2.35. The summed E-state index contributed by atoms with van der Waals surface area (Å²) in [6.45, 7) is 5.75. The largest absolute Gasteiger partial charge is 0.205 e. The molecule has 0 aliphatic rings. The Morgan fingerprint density at radius 2 is 1.04 bits per heavy atom. The number of pyridine rings is 1. The van der Waals surface area contributed by atoms with E-state index >= 15 is 0 Å². The van der Waals surface area contributed by atoms with Crippen molar-refractivity contribution < 1.29 is 4.57 Å². The number of hydrogen-bond donors (Lipinski definition) is 0. The third-order valence-electron chi connectivity index (χ3n) is 5.05. The van der Waals surface area contributed by atoms with Crippen molar-refractivity contribution in [3.8, 4) is 0 Å². The van der Waals surface area contributed by atoms with Crippen LogP contribution in [0.4, 0.5) is 0 Å². The van der Waals surface area contributed by atoms with Crippen LogP contribution in [-0.2, 0) is 13.0 Å². The van der Waals surface area contributed by atoms with Gasteiger partial charge in [0.1, 0.15) is 6.54 Å². The molecule has 1 heteroatoms. The van der Waals surface area contributed by atoms with Crippen LogP contribution in [0, 0.1) is 0 Å². The molecule has 1 nitrogen and oxygen atoms in total. The quantitative estimate of drug-likeness (QED) is 0.226. The second-order valence-electron chi connectivity index (χ2n) is 7.44. The molecule has 1 aromatic rings. The van der Waals surface area contributed by atoms with Crippen LogP contribution in [0.3, 0.4) is 0 Å². The van der Waals surface area contributed by atoms with Crippen LogP contribution < -0.4 is 4.57 Å². The molecule has 0 saturated heterocycles. The van der Waals surface area contributed by atoms with Crippen LogP contribution in [0.2, 0.25) is 0 Å². The van der Waals surface area contributed by atoms with Crippen LogP contribution in [0.25, 0.3) is 0 Å². The van der Waals surface area contributed by atoms with Gasteiger partial charge >= 0.3 is 0 Å². The summed E-state index contributed by atoms with van der Waals surface area (Å²) in [4.78, 5) is 0. The van der Waals surface area contributed by atoms with Gasteiger partial charge in [0.25, 0.3) is 0 Å². The standard InChI is InChI=1S/C23H42N/c1-3-5-7-9-10-11-12-13-15-17-23-18-21-24(22-19-23)20-16-14-8-6-4-2/h18-19,21-22H,3-17,20H2,1-2H3/q+1. The topological polar surface area (TPSA) is 3.88 Å². The van der Waals surface area contributed by atoms with Crippen molar-refractivity contribution in [1.82, 2.24) is 0 Å². The maximum absolute atomic E-state index is 2.35. The Morgan fingerprint density at radius 1 is 0.583 bits per heavy atom. The lowest BCUT2D eigenvalue weighted by Crippen LogP contribution is -2.32. The van der Waals surface area contributed by atoms with Crippen LogP contribution in [0.15, 0.2) is 24.5 Å². The lowest BCUT2D eigenvalue weighted by molar-refractivity contribution is -0.697. The minimum Gasteiger partial charge on any atom is -0.205 e. The fraction of sp³-hybridized carbons (Fsp3) is 0.783. The summed E-state index contributed by atoms with van der Waals surface area (Å²) in [6, 6.07) is 4.66. The monoisotopic (exact) mass is 332 g/mol. The molecular formula is C23H42N+. The van der Waals surface area contributed by atoms with E-state index in [0.717, 1.165) is 0 Å². The van der Waals surface area contributed by atoms with Gasteiger partial charge in [-0.05, 0) is 24.8 Å². The summed E-state index contributed by atoms with van der Waals surface area (Å²) >= 11 is 0. The molecule has 24 heavy (non-hydrogen) atoms. The Bertz CT molecular complexity index is 368. The lowest BCUT2D eigenvalue weighted by Gasteiger charge is -2.03. The first kappa shape index (κ1) is 21.2. The first-order valence-electron chi connectivity index (χ1n) is 10.8. The van der Waals surface area contributed by atoms with Crippen LogP contribution >= 0.6 is 0 Å². The summed E-state index contributed by atoms with van der Waals surface area (Å²) in [6.07, 6.45) is 25.4. The van der Waals surface area contributed by atoms with Gasteiger partial charge in [-0.2, -0.15) is 0 Å². The molecule has 0 spiro atoms. The molecule has 0 bridgehead atoms. The molecule has 0 aromatic carbocycles. The third-order valence-corrected chi connectivity index (χ3v) is 5.05. The van der Waals surface area contributed by atoms with E-state index in [-0.39, 0.29) is 0 Å². The van der Waals surface area contributed by atoms with Crippen molar-refractivity contribution in [1.29, 1.82) is 0 Å². The number of aryl methyl sites for hydroxylation is 2. The first-order valence-corrected chi connectivity index (χ1v) is 10.8. The zero-order chi connectivity index (χ0) is 17.3. The summed E-state index contributed by atoms with van der Waals surface area (Å²) in [7, 11) is 0.